The van der Waals surface area contributed by atoms with E-state index in [0.717, 1.165) is 4.57 Å². The lowest BCUT2D eigenvalue weighted by atomic mass is 10.1. The van der Waals surface area contributed by atoms with Gasteiger partial charge in [-0.1, -0.05) is 15.9 Å². The van der Waals surface area contributed by atoms with Crippen molar-refractivity contribution in [1.82, 2.24) is 4.57 Å². The van der Waals surface area contributed by atoms with Crippen molar-refractivity contribution in [3.63, 3.8) is 0 Å². The van der Waals surface area contributed by atoms with Crippen LogP contribution in [0.3, 0.4) is 0 Å². The second-order valence-corrected chi connectivity index (χ2v) is 5.34. The molecule has 0 fully saturated rings. The number of carbonyl (C=O) groups excluding carboxylic acids is 1. The summed E-state index contributed by atoms with van der Waals surface area (Å²) in [6, 6.07) is 1.50. The summed E-state index contributed by atoms with van der Waals surface area (Å²) in [7, 11) is 0. The molecule has 0 bridgehead atoms. The van der Waals surface area contributed by atoms with Crippen LogP contribution in [0.4, 0.5) is 13.2 Å². The molecular formula is C11H13BrF3NO. The van der Waals surface area contributed by atoms with Crippen LogP contribution in [0.1, 0.15) is 28.7 Å². The van der Waals surface area contributed by atoms with E-state index in [0.29, 0.717) is 17.0 Å². The third-order valence-electron chi connectivity index (χ3n) is 2.54. The number of Topliss-reactive ketones (excluding diaryl/α,β-unsaturated/α-hetero) is 1. The molecular weight excluding hydrogens is 299 g/mol. The quantitative estimate of drug-likeness (QED) is 0.617. The van der Waals surface area contributed by atoms with E-state index in [9.17, 15) is 18.0 Å². The molecule has 96 valence electrons. The van der Waals surface area contributed by atoms with Crippen LogP contribution < -0.4 is 0 Å². The van der Waals surface area contributed by atoms with E-state index in [2.05, 4.69) is 15.9 Å². The van der Waals surface area contributed by atoms with Gasteiger partial charge in [0.1, 0.15) is 6.54 Å². The first kappa shape index (κ1) is 14.3. The van der Waals surface area contributed by atoms with Crippen LogP contribution in [-0.2, 0) is 6.54 Å². The highest BCUT2D eigenvalue weighted by molar-refractivity contribution is 9.10. The van der Waals surface area contributed by atoms with Gasteiger partial charge < -0.3 is 4.57 Å². The molecule has 0 saturated heterocycles. The van der Waals surface area contributed by atoms with Gasteiger partial charge in [0, 0.05) is 17.0 Å². The highest BCUT2D eigenvalue weighted by Gasteiger charge is 2.30. The van der Waals surface area contributed by atoms with Gasteiger partial charge >= 0.3 is 6.18 Å². The van der Waals surface area contributed by atoms with Gasteiger partial charge in [-0.2, -0.15) is 13.2 Å². The summed E-state index contributed by atoms with van der Waals surface area (Å²) in [5, 5.41) is 0. The van der Waals surface area contributed by atoms with Gasteiger partial charge in [-0.3, -0.25) is 4.79 Å². The number of alkyl halides is 4. The fourth-order valence-electron chi connectivity index (χ4n) is 1.69. The summed E-state index contributed by atoms with van der Waals surface area (Å²) in [5.74, 6) is -0.202. The van der Waals surface area contributed by atoms with Crippen molar-refractivity contribution in [2.45, 2.75) is 38.3 Å². The van der Waals surface area contributed by atoms with E-state index in [4.69, 9.17) is 0 Å². The van der Waals surface area contributed by atoms with Crippen molar-refractivity contribution in [1.29, 1.82) is 0 Å². The Morgan fingerprint density at radius 2 is 2.00 bits per heavy atom. The Kier molecular flexibility index (Phi) is 4.06. The lowest BCUT2D eigenvalue weighted by Gasteiger charge is -2.12. The molecule has 0 spiro atoms. The van der Waals surface area contributed by atoms with E-state index in [1.807, 2.05) is 0 Å². The molecule has 1 rings (SSSR count). The van der Waals surface area contributed by atoms with Crippen LogP contribution in [0.5, 0.6) is 0 Å². The second kappa shape index (κ2) is 4.84. The summed E-state index contributed by atoms with van der Waals surface area (Å²) in [4.78, 5) is 11.4. The van der Waals surface area contributed by atoms with Gasteiger partial charge in [-0.15, -0.1) is 0 Å². The first-order valence-corrected chi connectivity index (χ1v) is 5.97. The molecule has 1 aromatic rings. The van der Waals surface area contributed by atoms with E-state index < -0.39 is 17.5 Å². The maximum atomic E-state index is 12.4. The lowest BCUT2D eigenvalue weighted by molar-refractivity contribution is -0.141. The molecule has 0 aromatic carbocycles. The zero-order chi connectivity index (χ0) is 13.4. The molecule has 2 nitrogen and oxygen atoms in total. The first-order chi connectivity index (χ1) is 7.63. The molecule has 0 radical (unpaired) electrons. The molecule has 0 amide bonds. The molecule has 0 aliphatic rings. The van der Waals surface area contributed by atoms with Gasteiger partial charge in [0.2, 0.25) is 0 Å². The van der Waals surface area contributed by atoms with Crippen LogP contribution in [0.15, 0.2) is 6.07 Å². The Hall–Kier alpha value is -0.780. The average molecular weight is 312 g/mol. The Morgan fingerprint density at radius 1 is 1.47 bits per heavy atom. The number of hydrogen-bond acceptors (Lipinski definition) is 1. The molecule has 6 heteroatoms. The summed E-state index contributed by atoms with van der Waals surface area (Å²) in [5.41, 5.74) is 1.14. The third kappa shape index (κ3) is 3.34. The zero-order valence-electron chi connectivity index (χ0n) is 9.73. The third-order valence-corrected chi connectivity index (χ3v) is 2.95. The molecule has 1 unspecified atom stereocenters. The number of rotatable bonds is 3. The summed E-state index contributed by atoms with van der Waals surface area (Å²) < 4.78 is 38.2. The normalized spacial score (nSPS) is 13.8. The number of ketones is 1. The maximum absolute atomic E-state index is 12.4. The van der Waals surface area contributed by atoms with E-state index in [1.54, 1.807) is 13.8 Å². The van der Waals surface area contributed by atoms with Crippen LogP contribution >= 0.6 is 15.9 Å². The number of carbonyl (C=O) groups is 1. The Balaban J connectivity index is 3.15. The van der Waals surface area contributed by atoms with Crippen LogP contribution in [0.25, 0.3) is 0 Å². The first-order valence-electron chi connectivity index (χ1n) is 5.05. The van der Waals surface area contributed by atoms with Crippen LogP contribution in [0, 0.1) is 13.8 Å². The Morgan fingerprint density at radius 3 is 2.41 bits per heavy atom. The molecule has 0 aliphatic carbocycles. The van der Waals surface area contributed by atoms with Gasteiger partial charge in [-0.25, -0.2) is 0 Å². The SMILES string of the molecule is Cc1cc(C(=O)C(C)Br)c(C)n1CC(F)(F)F. The topological polar surface area (TPSA) is 22.0 Å². The highest BCUT2D eigenvalue weighted by Crippen LogP contribution is 2.24. The summed E-state index contributed by atoms with van der Waals surface area (Å²) in [6.45, 7) is 3.68. The van der Waals surface area contributed by atoms with Crippen molar-refractivity contribution in [2.75, 3.05) is 0 Å². The minimum absolute atomic E-state index is 0.202. The minimum Gasteiger partial charge on any atom is -0.339 e. The Labute approximate surface area is 106 Å². The highest BCUT2D eigenvalue weighted by atomic mass is 79.9. The molecule has 0 aliphatic heterocycles. The molecule has 0 N–H and O–H groups in total. The monoisotopic (exact) mass is 311 g/mol. The minimum atomic E-state index is -4.28. The lowest BCUT2D eigenvalue weighted by Crippen LogP contribution is -2.20. The van der Waals surface area contributed by atoms with Crippen molar-refractivity contribution < 1.29 is 18.0 Å². The van der Waals surface area contributed by atoms with Gasteiger partial charge in [0.15, 0.2) is 5.78 Å². The number of halogens is 4. The molecule has 1 heterocycles. The number of aromatic nitrogens is 1. The number of aryl methyl sites for hydroxylation is 1. The van der Waals surface area contributed by atoms with Gasteiger partial charge in [0.25, 0.3) is 0 Å². The van der Waals surface area contributed by atoms with Gasteiger partial charge in [-0.05, 0) is 26.8 Å². The maximum Gasteiger partial charge on any atom is 0.406 e. The number of nitrogens with zero attached hydrogens (tertiary/aromatic N) is 1. The van der Waals surface area contributed by atoms with Crippen molar-refractivity contribution in [2.24, 2.45) is 0 Å². The van der Waals surface area contributed by atoms with Crippen LogP contribution in [0.2, 0.25) is 0 Å². The van der Waals surface area contributed by atoms with E-state index in [-0.39, 0.29) is 5.78 Å². The summed E-state index contributed by atoms with van der Waals surface area (Å²) in [6.07, 6.45) is -4.28. The fourth-order valence-corrected chi connectivity index (χ4v) is 1.93. The van der Waals surface area contributed by atoms with Crippen molar-refractivity contribution >= 4 is 21.7 Å². The smallest absolute Gasteiger partial charge is 0.339 e. The van der Waals surface area contributed by atoms with Crippen molar-refractivity contribution in [3.05, 3.63) is 23.0 Å². The molecule has 17 heavy (non-hydrogen) atoms. The van der Waals surface area contributed by atoms with E-state index >= 15 is 0 Å². The largest absolute Gasteiger partial charge is 0.406 e. The Bertz CT molecular complexity index is 435. The number of hydrogen-bond donors (Lipinski definition) is 0. The predicted octanol–water partition coefficient (Wildman–Crippen LogP) is 3.63. The van der Waals surface area contributed by atoms with Crippen molar-refractivity contribution in [3.8, 4) is 0 Å². The van der Waals surface area contributed by atoms with Gasteiger partial charge in [0.05, 0.1) is 4.83 Å². The second-order valence-electron chi connectivity index (χ2n) is 3.97. The molecule has 0 saturated carbocycles. The predicted molar refractivity (Wildman–Crippen MR) is 62.7 cm³/mol. The average Bonchev–Trinajstić information content (AvgIpc) is 2.42. The molecule has 1 aromatic heterocycles. The zero-order valence-corrected chi connectivity index (χ0v) is 11.3. The fraction of sp³-hybridized carbons (Fsp3) is 0.545. The van der Waals surface area contributed by atoms with E-state index in [1.165, 1.54) is 13.0 Å². The van der Waals surface area contributed by atoms with Crippen LogP contribution in [-0.4, -0.2) is 21.4 Å². The molecule has 1 atom stereocenters. The summed E-state index contributed by atoms with van der Waals surface area (Å²) >= 11 is 3.12. The standard InChI is InChI=1S/C11H13BrF3NO/c1-6-4-9(10(17)7(2)12)8(3)16(6)5-11(13,14)15/h4,7H,5H2,1-3H3.